The van der Waals surface area contributed by atoms with Gasteiger partial charge in [0.1, 0.15) is 0 Å². The highest BCUT2D eigenvalue weighted by molar-refractivity contribution is 5.94. The lowest BCUT2D eigenvalue weighted by Gasteiger charge is -2.34. The fourth-order valence-corrected chi connectivity index (χ4v) is 3.09. The number of nitrogens with zero attached hydrogens (tertiary/aromatic N) is 1. The van der Waals surface area contributed by atoms with Crippen LogP contribution in [0.2, 0.25) is 0 Å². The quantitative estimate of drug-likeness (QED) is 0.864. The monoisotopic (exact) mass is 360 g/mol. The first-order valence-electron chi connectivity index (χ1n) is 8.97. The summed E-state index contributed by atoms with van der Waals surface area (Å²) in [6.07, 6.45) is 0.603. The third kappa shape index (κ3) is 5.07. The summed E-state index contributed by atoms with van der Waals surface area (Å²) in [4.78, 5) is 37.5. The van der Waals surface area contributed by atoms with Crippen molar-refractivity contribution < 1.29 is 19.5 Å². The van der Waals surface area contributed by atoms with Crippen molar-refractivity contribution in [2.45, 2.75) is 40.7 Å². The fourth-order valence-electron chi connectivity index (χ4n) is 3.09. The van der Waals surface area contributed by atoms with Crippen LogP contribution in [0.15, 0.2) is 24.3 Å². The molecule has 1 aliphatic heterocycles. The second-order valence-electron chi connectivity index (χ2n) is 8.22. The molecule has 2 rings (SSSR count). The smallest absolute Gasteiger partial charge is 0.308 e. The van der Waals surface area contributed by atoms with E-state index >= 15 is 0 Å². The predicted octanol–water partition coefficient (Wildman–Crippen LogP) is 2.53. The van der Waals surface area contributed by atoms with E-state index < -0.39 is 17.3 Å². The van der Waals surface area contributed by atoms with Crippen molar-refractivity contribution in [2.75, 3.05) is 13.1 Å². The maximum absolute atomic E-state index is 12.7. The number of carbonyl (C=O) groups excluding carboxylic acids is 2. The molecule has 2 atom stereocenters. The van der Waals surface area contributed by atoms with Gasteiger partial charge in [0, 0.05) is 30.6 Å². The topological polar surface area (TPSA) is 86.7 Å². The number of aliphatic carboxylic acids is 1. The predicted molar refractivity (Wildman–Crippen MR) is 98.6 cm³/mol. The van der Waals surface area contributed by atoms with Crippen molar-refractivity contribution in [3.8, 4) is 0 Å². The Balaban J connectivity index is 2.00. The second kappa shape index (κ2) is 7.89. The molecule has 1 saturated heterocycles. The minimum Gasteiger partial charge on any atom is -0.481 e. The zero-order valence-electron chi connectivity index (χ0n) is 15.9. The molecule has 2 unspecified atom stereocenters. The number of piperidine rings is 1. The first kappa shape index (κ1) is 19.9. The van der Waals surface area contributed by atoms with Crippen molar-refractivity contribution in [1.29, 1.82) is 0 Å². The molecule has 2 amide bonds. The van der Waals surface area contributed by atoms with Gasteiger partial charge in [0.15, 0.2) is 0 Å². The van der Waals surface area contributed by atoms with Gasteiger partial charge in [0.05, 0.1) is 5.92 Å². The van der Waals surface area contributed by atoms with Crippen molar-refractivity contribution in [3.05, 3.63) is 35.4 Å². The molecule has 0 aliphatic carbocycles. The summed E-state index contributed by atoms with van der Waals surface area (Å²) >= 11 is 0. The molecule has 0 bridgehead atoms. The van der Waals surface area contributed by atoms with Gasteiger partial charge in [-0.25, -0.2) is 0 Å². The number of amides is 2. The summed E-state index contributed by atoms with van der Waals surface area (Å²) in [5.74, 6) is -1.36. The molecule has 142 valence electrons. The number of likely N-dealkylation sites (tertiary alicyclic amines) is 1. The van der Waals surface area contributed by atoms with Gasteiger partial charge in [0.25, 0.3) is 5.91 Å². The SMILES string of the molecule is CC1CC(C(=O)O)CN(C(=O)c2ccc(CNC(=O)C(C)(C)C)cc2)C1. The molecular weight excluding hydrogens is 332 g/mol. The Kier molecular flexibility index (Phi) is 6.05. The lowest BCUT2D eigenvalue weighted by molar-refractivity contribution is -0.143. The largest absolute Gasteiger partial charge is 0.481 e. The molecule has 6 heteroatoms. The van der Waals surface area contributed by atoms with Crippen LogP contribution in [0.1, 0.15) is 50.0 Å². The molecule has 2 N–H and O–H groups in total. The molecule has 6 nitrogen and oxygen atoms in total. The molecule has 1 heterocycles. The summed E-state index contributed by atoms with van der Waals surface area (Å²) in [5.41, 5.74) is 1.00. The van der Waals surface area contributed by atoms with Crippen LogP contribution in [-0.4, -0.2) is 40.9 Å². The third-order valence-electron chi connectivity index (χ3n) is 4.63. The van der Waals surface area contributed by atoms with Gasteiger partial charge in [-0.05, 0) is 30.0 Å². The van der Waals surface area contributed by atoms with Crippen LogP contribution in [-0.2, 0) is 16.1 Å². The van der Waals surface area contributed by atoms with E-state index in [-0.39, 0.29) is 24.3 Å². The maximum atomic E-state index is 12.7. The average Bonchev–Trinajstić information content (AvgIpc) is 2.58. The van der Waals surface area contributed by atoms with Gasteiger partial charge >= 0.3 is 5.97 Å². The number of hydrogen-bond acceptors (Lipinski definition) is 3. The van der Waals surface area contributed by atoms with Crippen molar-refractivity contribution in [3.63, 3.8) is 0 Å². The molecule has 1 fully saturated rings. The summed E-state index contributed by atoms with van der Waals surface area (Å²) in [5, 5.41) is 12.1. The number of hydrogen-bond donors (Lipinski definition) is 2. The highest BCUT2D eigenvalue weighted by atomic mass is 16.4. The van der Waals surface area contributed by atoms with Crippen LogP contribution in [0.5, 0.6) is 0 Å². The zero-order chi connectivity index (χ0) is 19.5. The molecule has 1 aromatic carbocycles. The van der Waals surface area contributed by atoms with E-state index in [4.69, 9.17) is 0 Å². The molecule has 0 radical (unpaired) electrons. The Morgan fingerprint density at radius 3 is 2.31 bits per heavy atom. The van der Waals surface area contributed by atoms with Crippen LogP contribution in [0.25, 0.3) is 0 Å². The molecule has 0 saturated carbocycles. The van der Waals surface area contributed by atoms with Crippen LogP contribution in [0.4, 0.5) is 0 Å². The van der Waals surface area contributed by atoms with Gasteiger partial charge in [0.2, 0.25) is 5.91 Å². The van der Waals surface area contributed by atoms with E-state index in [2.05, 4.69) is 5.32 Å². The van der Waals surface area contributed by atoms with E-state index in [0.29, 0.717) is 25.1 Å². The summed E-state index contributed by atoms with van der Waals surface area (Å²) in [7, 11) is 0. The summed E-state index contributed by atoms with van der Waals surface area (Å²) in [6.45, 7) is 8.77. The third-order valence-corrected chi connectivity index (χ3v) is 4.63. The van der Waals surface area contributed by atoms with E-state index in [1.807, 2.05) is 39.8 Å². The minimum absolute atomic E-state index is 0.0281. The lowest BCUT2D eigenvalue weighted by Crippen LogP contribution is -2.45. The average molecular weight is 360 g/mol. The van der Waals surface area contributed by atoms with Crippen molar-refractivity contribution in [2.24, 2.45) is 17.3 Å². The number of nitrogens with one attached hydrogen (secondary N) is 1. The number of carboxylic acid groups (broad SMARTS) is 1. The van der Waals surface area contributed by atoms with Gasteiger partial charge in [-0.3, -0.25) is 14.4 Å². The van der Waals surface area contributed by atoms with Gasteiger partial charge in [-0.1, -0.05) is 39.8 Å². The number of carboxylic acids is 1. The maximum Gasteiger partial charge on any atom is 0.308 e. The van der Waals surface area contributed by atoms with Crippen LogP contribution in [0.3, 0.4) is 0 Å². The minimum atomic E-state index is -0.848. The molecule has 0 spiro atoms. The van der Waals surface area contributed by atoms with Crippen molar-refractivity contribution >= 4 is 17.8 Å². The number of rotatable bonds is 4. The van der Waals surface area contributed by atoms with Crippen LogP contribution in [0, 0.1) is 17.3 Å². The summed E-state index contributed by atoms with van der Waals surface area (Å²) < 4.78 is 0. The molecular formula is C20H28N2O4. The fraction of sp³-hybridized carbons (Fsp3) is 0.550. The second-order valence-corrected chi connectivity index (χ2v) is 8.22. The first-order chi connectivity index (χ1) is 12.1. The molecule has 26 heavy (non-hydrogen) atoms. The molecule has 0 aromatic heterocycles. The van der Waals surface area contributed by atoms with E-state index in [1.54, 1.807) is 17.0 Å². The Morgan fingerprint density at radius 2 is 1.77 bits per heavy atom. The van der Waals surface area contributed by atoms with Crippen LogP contribution < -0.4 is 5.32 Å². The number of benzene rings is 1. The standard InChI is InChI=1S/C20H28N2O4/c1-13-9-16(18(24)25)12-22(11-13)17(23)15-7-5-14(6-8-15)10-21-19(26)20(2,3)4/h5-8,13,16H,9-12H2,1-4H3,(H,21,26)(H,24,25). The van der Waals surface area contributed by atoms with Crippen molar-refractivity contribution in [1.82, 2.24) is 10.2 Å². The molecule has 1 aromatic rings. The van der Waals surface area contributed by atoms with Crippen LogP contribution >= 0.6 is 0 Å². The molecule has 1 aliphatic rings. The zero-order valence-corrected chi connectivity index (χ0v) is 15.9. The Morgan fingerprint density at radius 1 is 1.15 bits per heavy atom. The lowest BCUT2D eigenvalue weighted by atomic mass is 9.90. The van der Waals surface area contributed by atoms with E-state index in [1.165, 1.54) is 0 Å². The highest BCUT2D eigenvalue weighted by Gasteiger charge is 2.32. The normalized spacial score (nSPS) is 20.5. The Labute approximate surface area is 154 Å². The van der Waals surface area contributed by atoms with Gasteiger partial charge in [-0.15, -0.1) is 0 Å². The van der Waals surface area contributed by atoms with E-state index in [0.717, 1.165) is 5.56 Å². The number of carbonyl (C=O) groups is 3. The van der Waals surface area contributed by atoms with Gasteiger partial charge in [-0.2, -0.15) is 0 Å². The first-order valence-corrected chi connectivity index (χ1v) is 8.97. The van der Waals surface area contributed by atoms with E-state index in [9.17, 15) is 19.5 Å². The Bertz CT molecular complexity index is 676. The Hall–Kier alpha value is -2.37. The highest BCUT2D eigenvalue weighted by Crippen LogP contribution is 2.23. The van der Waals surface area contributed by atoms with Gasteiger partial charge < -0.3 is 15.3 Å². The summed E-state index contributed by atoms with van der Waals surface area (Å²) in [6, 6.07) is 7.10.